The Balaban J connectivity index is 1.02. The second-order valence-corrected chi connectivity index (χ2v) is 10.8. The number of hydrogen-bond acceptors (Lipinski definition) is 4. The van der Waals surface area contributed by atoms with E-state index in [0.29, 0.717) is 18.2 Å². The van der Waals surface area contributed by atoms with Gasteiger partial charge in [-0.25, -0.2) is 4.68 Å². The van der Waals surface area contributed by atoms with Gasteiger partial charge < -0.3 is 9.64 Å². The van der Waals surface area contributed by atoms with Crippen LogP contribution in [0.25, 0.3) is 22.0 Å². The van der Waals surface area contributed by atoms with Crippen LogP contribution in [0.4, 0.5) is 0 Å². The molecular weight excluding hydrogens is 474 g/mol. The van der Waals surface area contributed by atoms with Crippen molar-refractivity contribution in [2.75, 3.05) is 19.7 Å². The Kier molecular flexibility index (Phi) is 7.54. The molecule has 38 heavy (non-hydrogen) atoms. The van der Waals surface area contributed by atoms with Crippen molar-refractivity contribution in [1.29, 1.82) is 0 Å². The maximum absolute atomic E-state index is 12.7. The summed E-state index contributed by atoms with van der Waals surface area (Å²) in [6.45, 7) is 3.42. The monoisotopic (exact) mass is 511 g/mol. The predicted molar refractivity (Wildman–Crippen MR) is 148 cm³/mol. The average molecular weight is 512 g/mol. The molecule has 4 aromatic rings. The van der Waals surface area contributed by atoms with E-state index in [0.717, 1.165) is 86.8 Å². The number of aromatic nitrogens is 4. The number of ether oxygens (including phenoxy) is 1. The fraction of sp³-hybridized carbons (Fsp3) is 0.452. The molecule has 0 bridgehead atoms. The van der Waals surface area contributed by atoms with Crippen LogP contribution in [0, 0.1) is 5.92 Å². The van der Waals surface area contributed by atoms with Crippen LogP contribution in [-0.2, 0) is 22.5 Å². The van der Waals surface area contributed by atoms with Gasteiger partial charge >= 0.3 is 0 Å². The SMILES string of the molecule is O=C(CCCc1ccccc1)N1CCC(Cn2ncc3cc(-c4cnn(C5CCCCO5)c4)ccc32)CC1. The van der Waals surface area contributed by atoms with Crippen LogP contribution in [0.5, 0.6) is 0 Å². The Morgan fingerprint density at radius 3 is 2.63 bits per heavy atom. The van der Waals surface area contributed by atoms with E-state index in [1.54, 1.807) is 0 Å². The van der Waals surface area contributed by atoms with Gasteiger partial charge in [-0.3, -0.25) is 9.48 Å². The normalized spacial score (nSPS) is 18.7. The molecule has 2 aliphatic heterocycles. The highest BCUT2D eigenvalue weighted by Crippen LogP contribution is 2.28. The lowest BCUT2D eigenvalue weighted by atomic mass is 9.96. The van der Waals surface area contributed by atoms with E-state index < -0.39 is 0 Å². The van der Waals surface area contributed by atoms with E-state index in [-0.39, 0.29) is 6.23 Å². The number of fused-ring (bicyclic) bond motifs is 1. The molecule has 0 saturated carbocycles. The van der Waals surface area contributed by atoms with Gasteiger partial charge in [0, 0.05) is 49.8 Å². The molecule has 7 heteroatoms. The van der Waals surface area contributed by atoms with Gasteiger partial charge in [-0.15, -0.1) is 0 Å². The molecule has 2 fully saturated rings. The Labute approximate surface area is 224 Å². The summed E-state index contributed by atoms with van der Waals surface area (Å²) in [5.74, 6) is 0.842. The lowest BCUT2D eigenvalue weighted by molar-refractivity contribution is -0.132. The van der Waals surface area contributed by atoms with Crippen molar-refractivity contribution in [2.24, 2.45) is 5.92 Å². The Morgan fingerprint density at radius 2 is 1.82 bits per heavy atom. The summed E-state index contributed by atoms with van der Waals surface area (Å²) in [5, 5.41) is 10.4. The quantitative estimate of drug-likeness (QED) is 0.297. The predicted octanol–water partition coefficient (Wildman–Crippen LogP) is 5.86. The van der Waals surface area contributed by atoms with Crippen molar-refractivity contribution < 1.29 is 9.53 Å². The van der Waals surface area contributed by atoms with Gasteiger partial charge in [-0.1, -0.05) is 36.4 Å². The van der Waals surface area contributed by atoms with Crippen LogP contribution in [0.2, 0.25) is 0 Å². The second-order valence-electron chi connectivity index (χ2n) is 10.8. The number of carbonyl (C=O) groups is 1. The molecule has 198 valence electrons. The van der Waals surface area contributed by atoms with Crippen LogP contribution < -0.4 is 0 Å². The molecular formula is C31H37N5O2. The van der Waals surface area contributed by atoms with Gasteiger partial charge in [0.2, 0.25) is 5.91 Å². The zero-order chi connectivity index (χ0) is 25.7. The number of benzene rings is 2. The summed E-state index contributed by atoms with van der Waals surface area (Å²) >= 11 is 0. The van der Waals surface area contributed by atoms with Crippen LogP contribution >= 0.6 is 0 Å². The molecule has 0 spiro atoms. The third-order valence-electron chi connectivity index (χ3n) is 8.12. The first-order chi connectivity index (χ1) is 18.7. The minimum Gasteiger partial charge on any atom is -0.357 e. The molecule has 7 nitrogen and oxygen atoms in total. The van der Waals surface area contributed by atoms with Gasteiger partial charge in [0.1, 0.15) is 6.23 Å². The van der Waals surface area contributed by atoms with Crippen molar-refractivity contribution in [1.82, 2.24) is 24.5 Å². The number of carbonyl (C=O) groups excluding carboxylic acids is 1. The molecule has 0 N–H and O–H groups in total. The summed E-state index contributed by atoms with van der Waals surface area (Å²) in [6.07, 6.45) is 14.0. The van der Waals surface area contributed by atoms with Crippen LogP contribution in [0.15, 0.2) is 67.1 Å². The Hall–Kier alpha value is -3.45. The maximum atomic E-state index is 12.7. The summed E-state index contributed by atoms with van der Waals surface area (Å²) in [7, 11) is 0. The summed E-state index contributed by atoms with van der Waals surface area (Å²) in [5.41, 5.74) is 4.73. The van der Waals surface area contributed by atoms with Crippen molar-refractivity contribution in [3.8, 4) is 11.1 Å². The van der Waals surface area contributed by atoms with Crippen LogP contribution in [0.3, 0.4) is 0 Å². The third-order valence-corrected chi connectivity index (χ3v) is 8.12. The zero-order valence-electron chi connectivity index (χ0n) is 22.0. The minimum absolute atomic E-state index is 0.0555. The van der Waals surface area contributed by atoms with Gasteiger partial charge in [0.25, 0.3) is 0 Å². The topological polar surface area (TPSA) is 65.2 Å². The molecule has 2 saturated heterocycles. The molecule has 2 aromatic heterocycles. The zero-order valence-corrected chi connectivity index (χ0v) is 22.0. The Bertz CT molecular complexity index is 1350. The molecule has 0 aliphatic carbocycles. The number of nitrogens with zero attached hydrogens (tertiary/aromatic N) is 5. The van der Waals surface area contributed by atoms with E-state index in [1.165, 1.54) is 12.0 Å². The molecule has 2 aromatic carbocycles. The highest BCUT2D eigenvalue weighted by Gasteiger charge is 2.23. The highest BCUT2D eigenvalue weighted by molar-refractivity contribution is 5.84. The largest absolute Gasteiger partial charge is 0.357 e. The maximum Gasteiger partial charge on any atom is 0.222 e. The number of piperidine rings is 1. The standard InChI is InChI=1S/C31H37N5O2/c37-30(10-6-9-24-7-2-1-3-8-24)34-16-14-25(15-17-34)22-35-29-13-12-26(19-27(29)20-32-35)28-21-33-36(23-28)31-11-4-5-18-38-31/h1-3,7-8,12-13,19-21,23,25,31H,4-6,9-11,14-18,22H2. The van der Waals surface area contributed by atoms with Gasteiger partial charge in [0.15, 0.2) is 0 Å². The fourth-order valence-electron chi connectivity index (χ4n) is 5.85. The van der Waals surface area contributed by atoms with E-state index in [9.17, 15) is 4.79 Å². The van der Waals surface area contributed by atoms with Gasteiger partial charge in [0.05, 0.1) is 17.9 Å². The third kappa shape index (κ3) is 5.68. The first-order valence-corrected chi connectivity index (χ1v) is 14.2. The van der Waals surface area contributed by atoms with Crippen molar-refractivity contribution >= 4 is 16.8 Å². The van der Waals surface area contributed by atoms with Crippen LogP contribution in [0.1, 0.15) is 56.7 Å². The number of likely N-dealkylation sites (tertiary alicyclic amines) is 1. The highest BCUT2D eigenvalue weighted by atomic mass is 16.5. The van der Waals surface area contributed by atoms with Crippen LogP contribution in [-0.4, -0.2) is 50.1 Å². The first kappa shape index (κ1) is 24.9. The lowest BCUT2D eigenvalue weighted by Gasteiger charge is -2.32. The molecule has 4 heterocycles. The van der Waals surface area contributed by atoms with E-state index in [4.69, 9.17) is 9.84 Å². The summed E-state index contributed by atoms with van der Waals surface area (Å²) in [4.78, 5) is 14.8. The first-order valence-electron chi connectivity index (χ1n) is 14.2. The minimum atomic E-state index is 0.0555. The lowest BCUT2D eigenvalue weighted by Crippen LogP contribution is -2.39. The van der Waals surface area contributed by atoms with E-state index in [1.807, 2.05) is 23.1 Å². The molecule has 6 rings (SSSR count). The van der Waals surface area contributed by atoms with Crippen molar-refractivity contribution in [3.63, 3.8) is 0 Å². The summed E-state index contributed by atoms with van der Waals surface area (Å²) < 4.78 is 9.98. The number of rotatable bonds is 8. The molecule has 0 radical (unpaired) electrons. The molecule has 2 aliphatic rings. The molecule has 1 amide bonds. The molecule has 1 atom stereocenters. The van der Waals surface area contributed by atoms with Crippen molar-refractivity contribution in [3.05, 3.63) is 72.7 Å². The van der Waals surface area contributed by atoms with E-state index in [2.05, 4.69) is 63.3 Å². The molecule has 1 unspecified atom stereocenters. The smallest absolute Gasteiger partial charge is 0.222 e. The Morgan fingerprint density at radius 1 is 0.947 bits per heavy atom. The summed E-state index contributed by atoms with van der Waals surface area (Å²) in [6, 6.07) is 17.0. The van der Waals surface area contributed by atoms with Gasteiger partial charge in [-0.05, 0) is 74.1 Å². The number of aryl methyl sites for hydroxylation is 1. The number of hydrogen-bond donors (Lipinski definition) is 0. The average Bonchev–Trinajstić information content (AvgIpc) is 3.62. The van der Waals surface area contributed by atoms with Gasteiger partial charge in [-0.2, -0.15) is 10.2 Å². The van der Waals surface area contributed by atoms with E-state index >= 15 is 0 Å². The van der Waals surface area contributed by atoms with Crippen molar-refractivity contribution in [2.45, 2.75) is 64.1 Å². The number of amides is 1. The second kappa shape index (κ2) is 11.5. The fourth-order valence-corrected chi connectivity index (χ4v) is 5.85.